The topological polar surface area (TPSA) is 78.0 Å². The predicted octanol–water partition coefficient (Wildman–Crippen LogP) is 2.27. The number of benzene rings is 1. The Morgan fingerprint density at radius 2 is 2.11 bits per heavy atom. The smallest absolute Gasteiger partial charge is 0.268 e. The van der Waals surface area contributed by atoms with Crippen LogP contribution in [0.25, 0.3) is 0 Å². The third-order valence-corrected chi connectivity index (χ3v) is 3.49. The van der Waals surface area contributed by atoms with E-state index in [2.05, 4.69) is 21.0 Å². The molecule has 0 aliphatic heterocycles. The van der Waals surface area contributed by atoms with Crippen LogP contribution in [0.1, 0.15) is 11.3 Å². The lowest BCUT2D eigenvalue weighted by molar-refractivity contribution is -0.385. The fraction of sp³-hybridized carbons (Fsp3) is 0.167. The van der Waals surface area contributed by atoms with E-state index in [0.29, 0.717) is 15.7 Å². The van der Waals surface area contributed by atoms with Gasteiger partial charge in [0, 0.05) is 12.1 Å². The summed E-state index contributed by atoms with van der Waals surface area (Å²) in [6.45, 7) is 1.96. The Balaban J connectivity index is 2.44. The second-order valence-corrected chi connectivity index (χ2v) is 4.77. The highest BCUT2D eigenvalue weighted by molar-refractivity contribution is 9.10. The number of nitro groups is 1. The van der Waals surface area contributed by atoms with Gasteiger partial charge in [0.25, 0.3) is 11.2 Å². The number of nitrogens with zero attached hydrogens (tertiary/aromatic N) is 3. The molecular weight excluding hydrogens is 314 g/mol. The van der Waals surface area contributed by atoms with Crippen molar-refractivity contribution in [3.05, 3.63) is 66.5 Å². The number of aromatic nitrogens is 2. The third-order valence-electron chi connectivity index (χ3n) is 2.58. The molecule has 7 heteroatoms. The van der Waals surface area contributed by atoms with Crippen molar-refractivity contribution in [3.63, 3.8) is 0 Å². The van der Waals surface area contributed by atoms with E-state index in [-0.39, 0.29) is 17.8 Å². The number of nitro benzene ring substituents is 1. The molecule has 0 aliphatic carbocycles. The normalized spacial score (nSPS) is 10.4. The van der Waals surface area contributed by atoms with Crippen molar-refractivity contribution < 1.29 is 4.92 Å². The van der Waals surface area contributed by atoms with Crippen LogP contribution in [-0.2, 0) is 6.54 Å². The van der Waals surface area contributed by atoms with Crippen LogP contribution in [0.2, 0.25) is 0 Å². The van der Waals surface area contributed by atoms with Gasteiger partial charge < -0.3 is 0 Å². The Labute approximate surface area is 117 Å². The number of hydrogen-bond acceptors (Lipinski definition) is 4. The zero-order chi connectivity index (χ0) is 14.0. The molecule has 2 aromatic rings. The highest BCUT2D eigenvalue weighted by Crippen LogP contribution is 2.28. The summed E-state index contributed by atoms with van der Waals surface area (Å²) in [5.74, 6) is 0. The Kier molecular flexibility index (Phi) is 3.75. The predicted molar refractivity (Wildman–Crippen MR) is 73.1 cm³/mol. The van der Waals surface area contributed by atoms with E-state index in [4.69, 9.17) is 0 Å². The first-order valence-corrected chi connectivity index (χ1v) is 6.25. The molecule has 0 fully saturated rings. The molecule has 19 heavy (non-hydrogen) atoms. The third kappa shape index (κ3) is 2.87. The molecule has 1 heterocycles. The highest BCUT2D eigenvalue weighted by Gasteiger charge is 2.15. The van der Waals surface area contributed by atoms with Gasteiger partial charge in [0.1, 0.15) is 4.47 Å². The van der Waals surface area contributed by atoms with E-state index < -0.39 is 4.92 Å². The average molecular weight is 324 g/mol. The summed E-state index contributed by atoms with van der Waals surface area (Å²) in [5, 5.41) is 14.9. The molecule has 98 valence electrons. The van der Waals surface area contributed by atoms with Gasteiger partial charge in [0.05, 0.1) is 17.2 Å². The molecule has 0 N–H and O–H groups in total. The maximum absolute atomic E-state index is 11.7. The van der Waals surface area contributed by atoms with Crippen LogP contribution in [0.15, 0.2) is 39.6 Å². The summed E-state index contributed by atoms with van der Waals surface area (Å²) in [6.07, 6.45) is 0. The average Bonchev–Trinajstić information content (AvgIpc) is 2.36. The lowest BCUT2D eigenvalue weighted by atomic mass is 10.2. The first kappa shape index (κ1) is 13.4. The quantitative estimate of drug-likeness (QED) is 0.641. The summed E-state index contributed by atoms with van der Waals surface area (Å²) in [4.78, 5) is 22.0. The zero-order valence-corrected chi connectivity index (χ0v) is 11.6. The van der Waals surface area contributed by atoms with Gasteiger partial charge in [-0.05, 0) is 34.5 Å². The molecule has 1 aromatic carbocycles. The van der Waals surface area contributed by atoms with Crippen molar-refractivity contribution in [1.29, 1.82) is 0 Å². The van der Waals surface area contributed by atoms with Crippen molar-refractivity contribution >= 4 is 21.6 Å². The number of halogens is 1. The fourth-order valence-corrected chi connectivity index (χ4v) is 2.19. The Hall–Kier alpha value is -2.02. The van der Waals surface area contributed by atoms with Crippen molar-refractivity contribution in [2.45, 2.75) is 13.5 Å². The molecule has 0 amide bonds. The molecular formula is C12H10BrN3O3. The van der Waals surface area contributed by atoms with Gasteiger partial charge >= 0.3 is 0 Å². The van der Waals surface area contributed by atoms with Crippen LogP contribution < -0.4 is 5.56 Å². The summed E-state index contributed by atoms with van der Waals surface area (Å²) in [7, 11) is 0. The van der Waals surface area contributed by atoms with Crippen molar-refractivity contribution in [2.24, 2.45) is 0 Å². The maximum Gasteiger partial charge on any atom is 0.283 e. The second kappa shape index (κ2) is 5.31. The molecule has 0 unspecified atom stereocenters. The van der Waals surface area contributed by atoms with Gasteiger partial charge in [-0.25, -0.2) is 4.68 Å². The molecule has 6 nitrogen and oxygen atoms in total. The van der Waals surface area contributed by atoms with Gasteiger partial charge in [0.2, 0.25) is 0 Å². The minimum absolute atomic E-state index is 0.0294. The lowest BCUT2D eigenvalue weighted by Gasteiger charge is -2.07. The second-order valence-electron chi connectivity index (χ2n) is 3.98. The van der Waals surface area contributed by atoms with Crippen molar-refractivity contribution in [1.82, 2.24) is 9.78 Å². The summed E-state index contributed by atoms with van der Waals surface area (Å²) in [5.41, 5.74) is 1.07. The number of hydrogen-bond donors (Lipinski definition) is 0. The van der Waals surface area contributed by atoms with Crippen molar-refractivity contribution in [2.75, 3.05) is 0 Å². The van der Waals surface area contributed by atoms with Crippen LogP contribution in [0, 0.1) is 17.0 Å². The van der Waals surface area contributed by atoms with E-state index in [1.807, 2.05) is 0 Å². The Bertz CT molecular complexity index is 697. The molecule has 0 saturated heterocycles. The lowest BCUT2D eigenvalue weighted by Crippen LogP contribution is -2.23. The SMILES string of the molecule is Cc1ccc(=O)n(Cc2cccc([N+](=O)[O-])c2Br)n1. The molecule has 0 radical (unpaired) electrons. The van der Waals surface area contributed by atoms with E-state index >= 15 is 0 Å². The molecule has 1 aromatic heterocycles. The molecule has 0 aliphatic rings. The van der Waals surface area contributed by atoms with Gasteiger partial charge in [-0.2, -0.15) is 5.10 Å². The molecule has 0 spiro atoms. The Morgan fingerprint density at radius 1 is 1.37 bits per heavy atom. The van der Waals surface area contributed by atoms with Crippen LogP contribution in [0.5, 0.6) is 0 Å². The number of rotatable bonds is 3. The van der Waals surface area contributed by atoms with Gasteiger partial charge in [0.15, 0.2) is 0 Å². The number of aryl methyl sites for hydroxylation is 1. The minimum atomic E-state index is -0.472. The summed E-state index contributed by atoms with van der Waals surface area (Å²) >= 11 is 3.20. The van der Waals surface area contributed by atoms with E-state index in [0.717, 1.165) is 0 Å². The summed E-state index contributed by atoms with van der Waals surface area (Å²) < 4.78 is 1.65. The van der Waals surface area contributed by atoms with Gasteiger partial charge in [-0.15, -0.1) is 0 Å². The largest absolute Gasteiger partial charge is 0.283 e. The Morgan fingerprint density at radius 3 is 2.79 bits per heavy atom. The summed E-state index contributed by atoms with van der Waals surface area (Å²) in [6, 6.07) is 7.75. The molecule has 0 atom stereocenters. The van der Waals surface area contributed by atoms with E-state index in [9.17, 15) is 14.9 Å². The van der Waals surface area contributed by atoms with E-state index in [1.54, 1.807) is 25.1 Å². The first-order valence-electron chi connectivity index (χ1n) is 5.45. The fourth-order valence-electron chi connectivity index (χ4n) is 1.65. The first-order chi connectivity index (χ1) is 8.99. The molecule has 0 saturated carbocycles. The van der Waals surface area contributed by atoms with Crippen LogP contribution in [0.3, 0.4) is 0 Å². The van der Waals surface area contributed by atoms with Crippen molar-refractivity contribution in [3.8, 4) is 0 Å². The maximum atomic E-state index is 11.7. The van der Waals surface area contributed by atoms with Gasteiger partial charge in [-0.3, -0.25) is 14.9 Å². The minimum Gasteiger partial charge on any atom is -0.268 e. The molecule has 0 bridgehead atoms. The van der Waals surface area contributed by atoms with E-state index in [1.165, 1.54) is 16.8 Å². The molecule has 2 rings (SSSR count). The standard InChI is InChI=1S/C12H10BrN3O3/c1-8-5-6-11(17)15(14-8)7-9-3-2-4-10(12(9)13)16(18)19/h2-6H,7H2,1H3. The zero-order valence-electron chi connectivity index (χ0n) is 10.0. The van der Waals surface area contributed by atoms with Crippen LogP contribution >= 0.6 is 15.9 Å². The monoisotopic (exact) mass is 323 g/mol. The van der Waals surface area contributed by atoms with Crippen LogP contribution in [0.4, 0.5) is 5.69 Å². The van der Waals surface area contributed by atoms with Crippen LogP contribution in [-0.4, -0.2) is 14.7 Å². The van der Waals surface area contributed by atoms with Gasteiger partial charge in [-0.1, -0.05) is 12.1 Å². The highest BCUT2D eigenvalue weighted by atomic mass is 79.9.